The predicted molar refractivity (Wildman–Crippen MR) is 126 cm³/mol. The van der Waals surface area contributed by atoms with E-state index in [1.54, 1.807) is 48.4 Å². The van der Waals surface area contributed by atoms with E-state index < -0.39 is 0 Å². The number of nitrogens with zero attached hydrogens (tertiary/aromatic N) is 3. The second-order valence-electron chi connectivity index (χ2n) is 7.90. The van der Waals surface area contributed by atoms with Crippen molar-refractivity contribution >= 4 is 33.3 Å². The molecular formula is C24H24N4O3S. The second kappa shape index (κ2) is 8.27. The Kier molecular flexibility index (Phi) is 5.30. The third-order valence-corrected chi connectivity index (χ3v) is 6.73. The molecule has 1 amide bonds. The smallest absolute Gasteiger partial charge is 0.256 e. The number of methoxy groups -OCH3 is 2. The molecule has 2 heterocycles. The third kappa shape index (κ3) is 3.71. The molecule has 0 radical (unpaired) electrons. The van der Waals surface area contributed by atoms with Gasteiger partial charge in [0.2, 0.25) is 5.13 Å². The number of fused-ring (bicyclic) bond motifs is 2. The number of hydrogen-bond donors (Lipinski definition) is 1. The zero-order chi connectivity index (χ0) is 22.2. The molecule has 0 saturated heterocycles. The number of ether oxygens (including phenoxy) is 2. The summed E-state index contributed by atoms with van der Waals surface area (Å²) in [5.74, 6) is 1.39. The molecule has 0 bridgehead atoms. The average molecular weight is 449 g/mol. The summed E-state index contributed by atoms with van der Waals surface area (Å²) in [6.07, 6.45) is 4.73. The first-order chi connectivity index (χ1) is 15.6. The maximum absolute atomic E-state index is 13.0. The van der Waals surface area contributed by atoms with Crippen LogP contribution >= 0.6 is 11.3 Å². The van der Waals surface area contributed by atoms with Crippen LogP contribution in [0.1, 0.15) is 40.0 Å². The van der Waals surface area contributed by atoms with E-state index in [1.807, 2.05) is 13.0 Å². The van der Waals surface area contributed by atoms with Gasteiger partial charge in [0.05, 0.1) is 30.1 Å². The zero-order valence-electron chi connectivity index (χ0n) is 18.3. The molecule has 0 saturated carbocycles. The van der Waals surface area contributed by atoms with Crippen molar-refractivity contribution in [1.82, 2.24) is 14.8 Å². The fourth-order valence-electron chi connectivity index (χ4n) is 4.13. The van der Waals surface area contributed by atoms with Gasteiger partial charge in [-0.15, -0.1) is 0 Å². The minimum atomic E-state index is -0.260. The Morgan fingerprint density at radius 2 is 1.78 bits per heavy atom. The lowest BCUT2D eigenvalue weighted by Crippen LogP contribution is -2.15. The van der Waals surface area contributed by atoms with Crippen LogP contribution in [0.15, 0.2) is 36.4 Å². The van der Waals surface area contributed by atoms with Crippen LogP contribution in [0.5, 0.6) is 11.5 Å². The van der Waals surface area contributed by atoms with Crippen LogP contribution in [-0.4, -0.2) is 34.9 Å². The number of aromatic nitrogens is 3. The van der Waals surface area contributed by atoms with Gasteiger partial charge in [-0.05, 0) is 74.1 Å². The van der Waals surface area contributed by atoms with Crippen molar-refractivity contribution in [3.63, 3.8) is 0 Å². The second-order valence-corrected chi connectivity index (χ2v) is 8.91. The number of thiazole rings is 1. The lowest BCUT2D eigenvalue weighted by molar-refractivity contribution is 0.102. The summed E-state index contributed by atoms with van der Waals surface area (Å²) >= 11 is 1.59. The van der Waals surface area contributed by atoms with Gasteiger partial charge in [0.25, 0.3) is 5.91 Å². The molecule has 164 valence electrons. The number of aryl methyl sites for hydroxylation is 3. The van der Waals surface area contributed by atoms with Gasteiger partial charge in [0.15, 0.2) is 11.5 Å². The highest BCUT2D eigenvalue weighted by Gasteiger charge is 2.18. The first-order valence-electron chi connectivity index (χ1n) is 10.6. The molecule has 0 aliphatic heterocycles. The highest BCUT2D eigenvalue weighted by atomic mass is 32.1. The van der Waals surface area contributed by atoms with E-state index in [1.165, 1.54) is 24.0 Å². The summed E-state index contributed by atoms with van der Waals surface area (Å²) in [5.41, 5.74) is 5.07. The number of amides is 1. The van der Waals surface area contributed by atoms with Crippen molar-refractivity contribution in [3.8, 4) is 16.6 Å². The van der Waals surface area contributed by atoms with Crippen molar-refractivity contribution in [2.45, 2.75) is 32.6 Å². The van der Waals surface area contributed by atoms with E-state index in [4.69, 9.17) is 14.5 Å². The number of carbonyl (C=O) groups excluding carboxylic acids is 1. The van der Waals surface area contributed by atoms with E-state index >= 15 is 0 Å². The molecule has 32 heavy (non-hydrogen) atoms. The molecule has 8 heteroatoms. The number of benzene rings is 2. The molecule has 2 aromatic carbocycles. The molecule has 0 unspecified atom stereocenters. The number of rotatable bonds is 5. The van der Waals surface area contributed by atoms with Crippen LogP contribution in [0.4, 0.5) is 5.82 Å². The topological polar surface area (TPSA) is 78.3 Å². The maximum atomic E-state index is 13.0. The molecular weight excluding hydrogens is 424 g/mol. The Balaban J connectivity index is 1.47. The SMILES string of the molecule is COc1ccc(C(=O)Nc2cc(C)nn2-c2nc3cc4c(cc3s2)CCCC4)cc1OC. The van der Waals surface area contributed by atoms with Gasteiger partial charge < -0.3 is 14.8 Å². The van der Waals surface area contributed by atoms with Gasteiger partial charge in [-0.25, -0.2) is 4.98 Å². The summed E-state index contributed by atoms with van der Waals surface area (Å²) in [5, 5.41) is 8.29. The van der Waals surface area contributed by atoms with Crippen LogP contribution < -0.4 is 14.8 Å². The Morgan fingerprint density at radius 1 is 1.03 bits per heavy atom. The van der Waals surface area contributed by atoms with E-state index in [2.05, 4.69) is 22.5 Å². The summed E-state index contributed by atoms with van der Waals surface area (Å²) < 4.78 is 13.4. The first-order valence-corrected chi connectivity index (χ1v) is 11.4. The number of hydrogen-bond acceptors (Lipinski definition) is 6. The van der Waals surface area contributed by atoms with Crippen LogP contribution in [0.3, 0.4) is 0 Å². The van der Waals surface area contributed by atoms with Gasteiger partial charge in [-0.1, -0.05) is 11.3 Å². The Bertz CT molecular complexity index is 1280. The van der Waals surface area contributed by atoms with Gasteiger partial charge in [-0.3, -0.25) is 4.79 Å². The Morgan fingerprint density at radius 3 is 2.53 bits per heavy atom. The molecule has 0 fully saturated rings. The fraction of sp³-hybridized carbons (Fsp3) is 0.292. The molecule has 4 aromatic rings. The minimum absolute atomic E-state index is 0.260. The van der Waals surface area contributed by atoms with Crippen molar-refractivity contribution in [1.29, 1.82) is 0 Å². The van der Waals surface area contributed by atoms with Crippen molar-refractivity contribution in [3.05, 3.63) is 58.8 Å². The maximum Gasteiger partial charge on any atom is 0.256 e. The predicted octanol–water partition coefficient (Wildman–Crippen LogP) is 4.94. The average Bonchev–Trinajstić information content (AvgIpc) is 3.38. The Hall–Kier alpha value is -3.39. The van der Waals surface area contributed by atoms with Gasteiger partial charge in [0, 0.05) is 11.6 Å². The fourth-order valence-corrected chi connectivity index (χ4v) is 5.11. The summed E-state index contributed by atoms with van der Waals surface area (Å²) in [4.78, 5) is 17.8. The monoisotopic (exact) mass is 448 g/mol. The molecule has 0 atom stereocenters. The number of nitrogens with one attached hydrogen (secondary N) is 1. The third-order valence-electron chi connectivity index (χ3n) is 5.74. The lowest BCUT2D eigenvalue weighted by atomic mass is 9.92. The van der Waals surface area contributed by atoms with Crippen molar-refractivity contribution in [2.24, 2.45) is 0 Å². The summed E-state index contributed by atoms with van der Waals surface area (Å²) in [6, 6.07) is 11.4. The van der Waals surface area contributed by atoms with E-state index in [0.717, 1.165) is 33.9 Å². The summed E-state index contributed by atoms with van der Waals surface area (Å²) in [7, 11) is 3.11. The van der Waals surface area contributed by atoms with E-state index in [0.29, 0.717) is 22.9 Å². The van der Waals surface area contributed by atoms with Gasteiger partial charge in [-0.2, -0.15) is 9.78 Å². The van der Waals surface area contributed by atoms with Crippen molar-refractivity contribution in [2.75, 3.05) is 19.5 Å². The Labute approximate surface area is 190 Å². The normalized spacial score (nSPS) is 13.1. The van der Waals surface area contributed by atoms with Crippen molar-refractivity contribution < 1.29 is 14.3 Å². The quantitative estimate of drug-likeness (QED) is 0.468. The van der Waals surface area contributed by atoms with Crippen LogP contribution in [0.2, 0.25) is 0 Å². The van der Waals surface area contributed by atoms with E-state index in [-0.39, 0.29) is 5.91 Å². The van der Waals surface area contributed by atoms with Gasteiger partial charge >= 0.3 is 0 Å². The minimum Gasteiger partial charge on any atom is -0.493 e. The van der Waals surface area contributed by atoms with Crippen LogP contribution in [-0.2, 0) is 12.8 Å². The molecule has 2 aromatic heterocycles. The molecule has 0 spiro atoms. The highest BCUT2D eigenvalue weighted by Crippen LogP contribution is 2.33. The molecule has 1 aliphatic carbocycles. The molecule has 1 aliphatic rings. The van der Waals surface area contributed by atoms with Crippen LogP contribution in [0.25, 0.3) is 15.3 Å². The number of carbonyl (C=O) groups is 1. The van der Waals surface area contributed by atoms with Crippen LogP contribution in [0, 0.1) is 6.92 Å². The van der Waals surface area contributed by atoms with E-state index in [9.17, 15) is 4.79 Å². The molecule has 1 N–H and O–H groups in total. The van der Waals surface area contributed by atoms with Gasteiger partial charge in [0.1, 0.15) is 5.82 Å². The zero-order valence-corrected chi connectivity index (χ0v) is 19.1. The summed E-state index contributed by atoms with van der Waals surface area (Å²) in [6.45, 7) is 1.90. The molecule has 7 nitrogen and oxygen atoms in total. The standard InChI is InChI=1S/C24H24N4O3S/c1-14-10-22(26-23(29)17-8-9-19(30-2)20(12-17)31-3)28(27-14)24-25-18-11-15-6-4-5-7-16(15)13-21(18)32-24/h8-13H,4-7H2,1-3H3,(H,26,29). The number of anilines is 1. The highest BCUT2D eigenvalue weighted by molar-refractivity contribution is 7.20. The molecule has 5 rings (SSSR count). The first kappa shape index (κ1) is 20.5. The largest absolute Gasteiger partial charge is 0.493 e. The lowest BCUT2D eigenvalue weighted by Gasteiger charge is -2.14.